The summed E-state index contributed by atoms with van der Waals surface area (Å²) in [6.07, 6.45) is 4.79. The van der Waals surface area contributed by atoms with Gasteiger partial charge in [0.25, 0.3) is 0 Å². The van der Waals surface area contributed by atoms with Gasteiger partial charge >= 0.3 is 0 Å². The number of rotatable bonds is 4. The minimum atomic E-state index is -0.111. The second-order valence-corrected chi connectivity index (χ2v) is 7.26. The van der Waals surface area contributed by atoms with E-state index in [2.05, 4.69) is 30.5 Å². The fourth-order valence-corrected chi connectivity index (χ4v) is 3.56. The molecule has 1 aliphatic rings. The maximum atomic E-state index is 12.8. The Morgan fingerprint density at radius 3 is 2.75 bits per heavy atom. The molecule has 1 saturated heterocycles. The predicted octanol–water partition coefficient (Wildman–Crippen LogP) is 2.87. The molecule has 1 unspecified atom stereocenters. The highest BCUT2D eigenvalue weighted by atomic mass is 35.5. The molecule has 28 heavy (non-hydrogen) atoms. The largest absolute Gasteiger partial charge is 0.354 e. The molecule has 0 aliphatic carbocycles. The number of carbonyl (C=O) groups is 1. The molecule has 2 aromatic heterocycles. The SMILES string of the molecule is Cc1cc(Cl)ccc1NC(=O)C1CCCN(c2ccc(-n3cncn3)nn2)C1. The highest BCUT2D eigenvalue weighted by Crippen LogP contribution is 2.25. The lowest BCUT2D eigenvalue weighted by Crippen LogP contribution is -2.41. The molecule has 3 heterocycles. The topological polar surface area (TPSA) is 88.8 Å². The Balaban J connectivity index is 1.43. The quantitative estimate of drug-likeness (QED) is 0.728. The molecular formula is C19H20ClN7O. The maximum absolute atomic E-state index is 12.8. The number of halogens is 1. The van der Waals surface area contributed by atoms with E-state index in [1.807, 2.05) is 31.2 Å². The van der Waals surface area contributed by atoms with Gasteiger partial charge in [-0.3, -0.25) is 4.79 Å². The Bertz CT molecular complexity index is 959. The zero-order chi connectivity index (χ0) is 19.5. The summed E-state index contributed by atoms with van der Waals surface area (Å²) in [5, 5.41) is 16.2. The number of carbonyl (C=O) groups excluding carboxylic acids is 1. The summed E-state index contributed by atoms with van der Waals surface area (Å²) in [6.45, 7) is 3.39. The molecule has 1 aliphatic heterocycles. The van der Waals surface area contributed by atoms with Crippen molar-refractivity contribution in [3.8, 4) is 5.82 Å². The molecule has 1 N–H and O–H groups in total. The molecular weight excluding hydrogens is 378 g/mol. The molecule has 144 valence electrons. The monoisotopic (exact) mass is 397 g/mol. The standard InChI is InChI=1S/C19H20ClN7O/c1-13-9-15(20)4-5-16(13)23-19(28)14-3-2-8-26(10-14)17-6-7-18(25-24-17)27-12-21-11-22-27/h4-7,9,11-12,14H,2-3,8,10H2,1H3,(H,23,28). The summed E-state index contributed by atoms with van der Waals surface area (Å²) in [7, 11) is 0. The molecule has 0 spiro atoms. The average molecular weight is 398 g/mol. The summed E-state index contributed by atoms with van der Waals surface area (Å²) in [6, 6.07) is 9.20. The van der Waals surface area contributed by atoms with Crippen LogP contribution >= 0.6 is 11.6 Å². The van der Waals surface area contributed by atoms with Crippen LogP contribution in [-0.4, -0.2) is 44.0 Å². The van der Waals surface area contributed by atoms with Gasteiger partial charge in [-0.25, -0.2) is 9.67 Å². The lowest BCUT2D eigenvalue weighted by molar-refractivity contribution is -0.120. The van der Waals surface area contributed by atoms with Gasteiger partial charge in [0.15, 0.2) is 11.6 Å². The smallest absolute Gasteiger partial charge is 0.229 e. The van der Waals surface area contributed by atoms with Crippen LogP contribution in [0.5, 0.6) is 0 Å². The first-order valence-corrected chi connectivity index (χ1v) is 9.48. The first-order chi connectivity index (χ1) is 13.6. The Morgan fingerprint density at radius 2 is 2.04 bits per heavy atom. The third kappa shape index (κ3) is 3.96. The van der Waals surface area contributed by atoms with Crippen LogP contribution in [0, 0.1) is 12.8 Å². The lowest BCUT2D eigenvalue weighted by atomic mass is 9.97. The van der Waals surface area contributed by atoms with Crippen molar-refractivity contribution in [2.24, 2.45) is 5.92 Å². The zero-order valence-corrected chi connectivity index (χ0v) is 16.2. The van der Waals surface area contributed by atoms with E-state index in [0.717, 1.165) is 36.5 Å². The van der Waals surface area contributed by atoms with Crippen molar-refractivity contribution >= 4 is 29.0 Å². The zero-order valence-electron chi connectivity index (χ0n) is 15.4. The van der Waals surface area contributed by atoms with Gasteiger partial charge in [0.2, 0.25) is 5.91 Å². The van der Waals surface area contributed by atoms with Crippen molar-refractivity contribution in [2.45, 2.75) is 19.8 Å². The molecule has 4 rings (SSSR count). The molecule has 3 aromatic rings. The highest BCUT2D eigenvalue weighted by Gasteiger charge is 2.27. The second-order valence-electron chi connectivity index (χ2n) is 6.82. The van der Waals surface area contributed by atoms with Gasteiger partial charge in [0, 0.05) is 23.8 Å². The fraction of sp³-hybridized carbons (Fsp3) is 0.316. The van der Waals surface area contributed by atoms with Crippen LogP contribution in [0.1, 0.15) is 18.4 Å². The molecule has 0 saturated carbocycles. The van der Waals surface area contributed by atoms with Crippen LogP contribution < -0.4 is 10.2 Å². The van der Waals surface area contributed by atoms with Gasteiger partial charge in [0.1, 0.15) is 12.7 Å². The van der Waals surface area contributed by atoms with Gasteiger partial charge in [-0.05, 0) is 55.7 Å². The average Bonchev–Trinajstić information content (AvgIpc) is 3.25. The number of piperidine rings is 1. The van der Waals surface area contributed by atoms with Crippen molar-refractivity contribution in [3.63, 3.8) is 0 Å². The van der Waals surface area contributed by atoms with Crippen molar-refractivity contribution < 1.29 is 4.79 Å². The minimum Gasteiger partial charge on any atom is -0.354 e. The van der Waals surface area contributed by atoms with Gasteiger partial charge in [0.05, 0.1) is 5.92 Å². The number of hydrogen-bond acceptors (Lipinski definition) is 6. The Labute approximate surface area is 167 Å². The minimum absolute atomic E-state index is 0.0160. The first-order valence-electron chi connectivity index (χ1n) is 9.11. The molecule has 0 radical (unpaired) electrons. The van der Waals surface area contributed by atoms with Gasteiger partial charge < -0.3 is 10.2 Å². The normalized spacial score (nSPS) is 16.8. The van der Waals surface area contributed by atoms with Crippen molar-refractivity contribution in [1.82, 2.24) is 25.0 Å². The van der Waals surface area contributed by atoms with E-state index in [1.54, 1.807) is 17.1 Å². The summed E-state index contributed by atoms with van der Waals surface area (Å²) >= 11 is 5.99. The van der Waals surface area contributed by atoms with Crippen molar-refractivity contribution in [1.29, 1.82) is 0 Å². The van der Waals surface area contributed by atoms with Gasteiger partial charge in [-0.2, -0.15) is 5.10 Å². The Kier molecular flexibility index (Phi) is 5.21. The van der Waals surface area contributed by atoms with Crippen LogP contribution in [0.3, 0.4) is 0 Å². The number of aryl methyl sites for hydroxylation is 1. The fourth-order valence-electron chi connectivity index (χ4n) is 3.34. The molecule has 8 nitrogen and oxygen atoms in total. The van der Waals surface area contributed by atoms with Crippen LogP contribution in [0.4, 0.5) is 11.5 Å². The number of benzene rings is 1. The predicted molar refractivity (Wildman–Crippen MR) is 107 cm³/mol. The Morgan fingerprint density at radius 1 is 1.21 bits per heavy atom. The van der Waals surface area contributed by atoms with Gasteiger partial charge in [-0.15, -0.1) is 10.2 Å². The summed E-state index contributed by atoms with van der Waals surface area (Å²) in [4.78, 5) is 18.8. The van der Waals surface area contributed by atoms with Crippen LogP contribution in [0.2, 0.25) is 5.02 Å². The Hall–Kier alpha value is -3.00. The third-order valence-electron chi connectivity index (χ3n) is 4.85. The number of aromatic nitrogens is 5. The summed E-state index contributed by atoms with van der Waals surface area (Å²) in [5.41, 5.74) is 1.74. The number of hydrogen-bond donors (Lipinski definition) is 1. The van der Waals surface area contributed by atoms with Crippen LogP contribution in [0.25, 0.3) is 5.82 Å². The number of amides is 1. The maximum Gasteiger partial charge on any atom is 0.229 e. The molecule has 9 heteroatoms. The first kappa shape index (κ1) is 18.4. The van der Waals surface area contributed by atoms with E-state index in [0.29, 0.717) is 17.4 Å². The number of anilines is 2. The number of nitrogens with one attached hydrogen (secondary N) is 1. The third-order valence-corrected chi connectivity index (χ3v) is 5.09. The summed E-state index contributed by atoms with van der Waals surface area (Å²) < 4.78 is 1.55. The molecule has 1 amide bonds. The van der Waals surface area contributed by atoms with Crippen LogP contribution in [0.15, 0.2) is 43.0 Å². The lowest BCUT2D eigenvalue weighted by Gasteiger charge is -2.32. The molecule has 1 aromatic carbocycles. The second kappa shape index (κ2) is 7.93. The van der Waals surface area contributed by atoms with Crippen molar-refractivity contribution in [2.75, 3.05) is 23.3 Å². The van der Waals surface area contributed by atoms with Crippen LogP contribution in [-0.2, 0) is 4.79 Å². The molecule has 1 fully saturated rings. The van der Waals surface area contributed by atoms with E-state index in [-0.39, 0.29) is 11.8 Å². The molecule has 1 atom stereocenters. The van der Waals surface area contributed by atoms with E-state index in [1.165, 1.54) is 6.33 Å². The van der Waals surface area contributed by atoms with E-state index in [9.17, 15) is 4.79 Å². The number of nitrogens with zero attached hydrogens (tertiary/aromatic N) is 6. The van der Waals surface area contributed by atoms with Crippen molar-refractivity contribution in [3.05, 3.63) is 53.6 Å². The van der Waals surface area contributed by atoms with E-state index < -0.39 is 0 Å². The highest BCUT2D eigenvalue weighted by molar-refractivity contribution is 6.30. The van der Waals surface area contributed by atoms with E-state index in [4.69, 9.17) is 11.6 Å². The van der Waals surface area contributed by atoms with Gasteiger partial charge in [-0.1, -0.05) is 11.6 Å². The molecule has 0 bridgehead atoms. The van der Waals surface area contributed by atoms with E-state index >= 15 is 0 Å². The summed E-state index contributed by atoms with van der Waals surface area (Å²) in [5.74, 6) is 1.26.